The monoisotopic (exact) mass is 354 g/mol. The number of pyridine rings is 1. The summed E-state index contributed by atoms with van der Waals surface area (Å²) in [6.07, 6.45) is 2.43. The minimum atomic E-state index is -0.243. The summed E-state index contributed by atoms with van der Waals surface area (Å²) in [7, 11) is 0. The highest BCUT2D eigenvalue weighted by Crippen LogP contribution is 2.31. The van der Waals surface area contributed by atoms with Crippen LogP contribution in [0.4, 0.5) is 16.3 Å². The fourth-order valence-corrected chi connectivity index (χ4v) is 3.26. The molecule has 1 fully saturated rings. The first kappa shape index (κ1) is 16.7. The smallest absolute Gasteiger partial charge is 0.319 e. The van der Waals surface area contributed by atoms with E-state index in [2.05, 4.69) is 20.5 Å². The molecule has 7 heteroatoms. The Labute approximate surface area is 152 Å². The minimum absolute atomic E-state index is 0.0551. The Balaban J connectivity index is 1.36. The molecule has 1 aromatic heterocycles. The first-order chi connectivity index (χ1) is 12.8. The second kappa shape index (κ2) is 7.61. The molecule has 1 aromatic carbocycles. The van der Waals surface area contributed by atoms with Gasteiger partial charge in [0.1, 0.15) is 11.6 Å². The van der Waals surface area contributed by atoms with E-state index in [1.165, 1.54) is 0 Å². The molecule has 1 saturated heterocycles. The molecule has 136 valence electrons. The van der Waals surface area contributed by atoms with Crippen LogP contribution in [0.5, 0.6) is 5.75 Å². The fourth-order valence-electron chi connectivity index (χ4n) is 3.26. The van der Waals surface area contributed by atoms with Crippen molar-refractivity contribution in [3.8, 4) is 5.75 Å². The van der Waals surface area contributed by atoms with Crippen molar-refractivity contribution in [2.45, 2.75) is 12.5 Å². The van der Waals surface area contributed by atoms with Crippen LogP contribution >= 0.6 is 0 Å². The van der Waals surface area contributed by atoms with Gasteiger partial charge >= 0.3 is 6.03 Å². The molecule has 0 aliphatic carbocycles. The average Bonchev–Trinajstić information content (AvgIpc) is 2.69. The van der Waals surface area contributed by atoms with E-state index in [0.29, 0.717) is 12.3 Å². The Kier molecular flexibility index (Phi) is 4.88. The van der Waals surface area contributed by atoms with Crippen LogP contribution in [0.3, 0.4) is 0 Å². The third-order valence-corrected chi connectivity index (χ3v) is 4.60. The minimum Gasteiger partial charge on any atom is -0.493 e. The molecule has 2 aliphatic rings. The van der Waals surface area contributed by atoms with Gasteiger partial charge in [-0.25, -0.2) is 9.78 Å². The summed E-state index contributed by atoms with van der Waals surface area (Å²) in [6, 6.07) is 11.3. The van der Waals surface area contributed by atoms with Gasteiger partial charge in [-0.15, -0.1) is 0 Å². The number of nitrogens with zero attached hydrogens (tertiary/aromatic N) is 2. The van der Waals surface area contributed by atoms with Gasteiger partial charge in [0.25, 0.3) is 0 Å². The summed E-state index contributed by atoms with van der Waals surface area (Å²) in [4.78, 5) is 19.0. The van der Waals surface area contributed by atoms with E-state index in [9.17, 15) is 4.79 Å². The number of anilines is 2. The summed E-state index contributed by atoms with van der Waals surface area (Å²) in [5, 5.41) is 5.87. The molecule has 0 spiro atoms. The van der Waals surface area contributed by atoms with Crippen molar-refractivity contribution < 1.29 is 14.3 Å². The molecular weight excluding hydrogens is 332 g/mol. The molecule has 26 heavy (non-hydrogen) atoms. The van der Waals surface area contributed by atoms with Crippen LogP contribution in [-0.4, -0.2) is 43.9 Å². The second-order valence-corrected chi connectivity index (χ2v) is 6.33. The van der Waals surface area contributed by atoms with Crippen LogP contribution < -0.4 is 20.3 Å². The summed E-state index contributed by atoms with van der Waals surface area (Å²) in [5.74, 6) is 1.73. The number of carbonyl (C=O) groups excluding carboxylic acids is 1. The van der Waals surface area contributed by atoms with Crippen molar-refractivity contribution in [1.82, 2.24) is 10.3 Å². The number of aromatic nitrogens is 1. The highest BCUT2D eigenvalue weighted by Gasteiger charge is 2.22. The van der Waals surface area contributed by atoms with E-state index in [1.807, 2.05) is 36.4 Å². The van der Waals surface area contributed by atoms with Crippen LogP contribution in [0.15, 0.2) is 42.6 Å². The molecule has 2 aromatic rings. The number of ether oxygens (including phenoxy) is 2. The van der Waals surface area contributed by atoms with Crippen molar-refractivity contribution in [2.24, 2.45) is 0 Å². The largest absolute Gasteiger partial charge is 0.493 e. The van der Waals surface area contributed by atoms with E-state index in [0.717, 1.165) is 49.9 Å². The number of nitrogens with one attached hydrogen (secondary N) is 2. The number of fused-ring (bicyclic) bond motifs is 1. The number of urea groups is 1. The highest BCUT2D eigenvalue weighted by atomic mass is 16.5. The highest BCUT2D eigenvalue weighted by molar-refractivity contribution is 5.89. The molecular formula is C19H22N4O3. The summed E-state index contributed by atoms with van der Waals surface area (Å²) >= 11 is 0. The Hall–Kier alpha value is -2.80. The van der Waals surface area contributed by atoms with E-state index < -0.39 is 0 Å². The Morgan fingerprint density at radius 3 is 2.77 bits per heavy atom. The van der Waals surface area contributed by atoms with Crippen LogP contribution in [-0.2, 0) is 4.74 Å². The van der Waals surface area contributed by atoms with Crippen molar-refractivity contribution >= 4 is 17.5 Å². The number of para-hydroxylation sites is 1. The van der Waals surface area contributed by atoms with E-state index in [4.69, 9.17) is 9.47 Å². The molecule has 2 amide bonds. The molecule has 3 heterocycles. The first-order valence-corrected chi connectivity index (χ1v) is 8.87. The number of morpholine rings is 1. The first-order valence-electron chi connectivity index (χ1n) is 8.87. The lowest BCUT2D eigenvalue weighted by molar-refractivity contribution is 0.122. The van der Waals surface area contributed by atoms with Crippen molar-refractivity contribution in [2.75, 3.05) is 43.1 Å². The third kappa shape index (κ3) is 3.72. The van der Waals surface area contributed by atoms with Gasteiger partial charge in [0.05, 0.1) is 37.7 Å². The van der Waals surface area contributed by atoms with Crippen molar-refractivity contribution in [3.63, 3.8) is 0 Å². The molecule has 1 atom stereocenters. The molecule has 2 N–H and O–H groups in total. The van der Waals surface area contributed by atoms with Gasteiger partial charge in [-0.3, -0.25) is 0 Å². The Morgan fingerprint density at radius 1 is 1.12 bits per heavy atom. The number of hydrogen-bond donors (Lipinski definition) is 2. The third-order valence-electron chi connectivity index (χ3n) is 4.60. The standard InChI is InChI=1S/C19H22N4O3/c24-19(22-16-7-10-26-17-4-2-1-3-15(16)17)21-14-5-6-18(20-13-14)23-8-11-25-12-9-23/h1-6,13,16H,7-12H2,(H2,21,22,24). The van der Waals surface area contributed by atoms with Crippen LogP contribution in [0.25, 0.3) is 0 Å². The maximum absolute atomic E-state index is 12.4. The topological polar surface area (TPSA) is 75.7 Å². The van der Waals surface area contributed by atoms with E-state index >= 15 is 0 Å². The van der Waals surface area contributed by atoms with E-state index in [-0.39, 0.29) is 12.1 Å². The lowest BCUT2D eigenvalue weighted by atomic mass is 10.0. The fraction of sp³-hybridized carbons (Fsp3) is 0.368. The van der Waals surface area contributed by atoms with Crippen molar-refractivity contribution in [3.05, 3.63) is 48.2 Å². The molecule has 1 unspecified atom stereocenters. The number of amides is 2. The zero-order valence-corrected chi connectivity index (χ0v) is 14.5. The maximum atomic E-state index is 12.4. The van der Waals surface area contributed by atoms with Gasteiger partial charge in [0.2, 0.25) is 0 Å². The zero-order chi connectivity index (χ0) is 17.8. The number of rotatable bonds is 3. The van der Waals surface area contributed by atoms with Crippen LogP contribution in [0, 0.1) is 0 Å². The van der Waals surface area contributed by atoms with Gasteiger partial charge in [-0.1, -0.05) is 18.2 Å². The average molecular weight is 354 g/mol. The predicted octanol–water partition coefficient (Wildman–Crippen LogP) is 2.56. The second-order valence-electron chi connectivity index (χ2n) is 6.33. The Morgan fingerprint density at radius 2 is 1.96 bits per heavy atom. The molecule has 0 bridgehead atoms. The molecule has 2 aliphatic heterocycles. The maximum Gasteiger partial charge on any atom is 0.319 e. The lowest BCUT2D eigenvalue weighted by Crippen LogP contribution is -2.37. The van der Waals surface area contributed by atoms with E-state index in [1.54, 1.807) is 6.20 Å². The number of hydrogen-bond acceptors (Lipinski definition) is 5. The lowest BCUT2D eigenvalue weighted by Gasteiger charge is -2.28. The van der Waals surface area contributed by atoms with Crippen LogP contribution in [0.2, 0.25) is 0 Å². The number of benzene rings is 1. The molecule has 7 nitrogen and oxygen atoms in total. The molecule has 4 rings (SSSR count). The number of carbonyl (C=O) groups is 1. The van der Waals surface area contributed by atoms with Crippen molar-refractivity contribution in [1.29, 1.82) is 0 Å². The zero-order valence-electron chi connectivity index (χ0n) is 14.5. The quantitative estimate of drug-likeness (QED) is 0.886. The van der Waals surface area contributed by atoms with Gasteiger partial charge in [-0.2, -0.15) is 0 Å². The molecule has 0 radical (unpaired) electrons. The van der Waals surface area contributed by atoms with Crippen LogP contribution in [0.1, 0.15) is 18.0 Å². The summed E-state index contributed by atoms with van der Waals surface area (Å²) < 4.78 is 11.0. The summed E-state index contributed by atoms with van der Waals surface area (Å²) in [5.41, 5.74) is 1.68. The normalized spacial score (nSPS) is 19.2. The Bertz CT molecular complexity index is 760. The van der Waals surface area contributed by atoms with Gasteiger partial charge in [0, 0.05) is 25.1 Å². The molecule has 0 saturated carbocycles. The van der Waals surface area contributed by atoms with Gasteiger partial charge < -0.3 is 25.0 Å². The SMILES string of the molecule is O=C(Nc1ccc(N2CCOCC2)nc1)NC1CCOc2ccccc21. The van der Waals surface area contributed by atoms with Gasteiger partial charge in [-0.05, 0) is 18.2 Å². The predicted molar refractivity (Wildman–Crippen MR) is 98.7 cm³/mol. The summed E-state index contributed by atoms with van der Waals surface area (Å²) in [6.45, 7) is 3.71. The van der Waals surface area contributed by atoms with Gasteiger partial charge in [0.15, 0.2) is 0 Å².